The molecule has 0 radical (unpaired) electrons. The number of fused-ring (bicyclic) bond motifs is 1. The Balaban J connectivity index is 1.69. The van der Waals surface area contributed by atoms with Crippen LogP contribution in [0.15, 0.2) is 84.9 Å². The van der Waals surface area contributed by atoms with Crippen molar-refractivity contribution >= 4 is 28.6 Å². The molecule has 0 saturated heterocycles. The zero-order valence-electron chi connectivity index (χ0n) is 14.8. The molecule has 0 amide bonds. The van der Waals surface area contributed by atoms with Gasteiger partial charge in [0.25, 0.3) is 0 Å². The zero-order valence-corrected chi connectivity index (χ0v) is 15.6. The lowest BCUT2D eigenvalue weighted by molar-refractivity contribution is 0.564. The van der Waals surface area contributed by atoms with Gasteiger partial charge in [-0.2, -0.15) is 0 Å². The lowest BCUT2D eigenvalue weighted by Gasteiger charge is -2.41. The summed E-state index contributed by atoms with van der Waals surface area (Å²) in [5.41, 5.74) is 4.75. The number of thiocarbonyl (C=S) groups is 1. The van der Waals surface area contributed by atoms with Crippen LogP contribution < -0.4 is 10.2 Å². The summed E-state index contributed by atoms with van der Waals surface area (Å²) >= 11 is 5.87. The van der Waals surface area contributed by atoms with Crippen LogP contribution in [-0.4, -0.2) is 11.0 Å². The second-order valence-corrected chi connectivity index (χ2v) is 7.13. The number of nitrogens with one attached hydrogen (secondary N) is 1. The van der Waals surface area contributed by atoms with Crippen LogP contribution in [0.5, 0.6) is 0 Å². The quantitative estimate of drug-likeness (QED) is 0.594. The fraction of sp³-hybridized carbons (Fsp3) is 0.174. The van der Waals surface area contributed by atoms with Crippen LogP contribution in [0.25, 0.3) is 0 Å². The largest absolute Gasteiger partial charge is 0.378 e. The molecule has 0 aromatic heterocycles. The van der Waals surface area contributed by atoms with Crippen LogP contribution in [0.2, 0.25) is 0 Å². The van der Waals surface area contributed by atoms with Crippen molar-refractivity contribution in [2.75, 3.05) is 10.2 Å². The van der Waals surface area contributed by atoms with Crippen molar-refractivity contribution < 1.29 is 0 Å². The molecule has 26 heavy (non-hydrogen) atoms. The average molecular weight is 359 g/mol. The molecule has 1 N–H and O–H groups in total. The molecule has 0 saturated carbocycles. The van der Waals surface area contributed by atoms with Gasteiger partial charge < -0.3 is 10.2 Å². The monoisotopic (exact) mass is 358 g/mol. The van der Waals surface area contributed by atoms with Gasteiger partial charge in [-0.05, 0) is 37.1 Å². The summed E-state index contributed by atoms with van der Waals surface area (Å²) < 4.78 is 0. The summed E-state index contributed by atoms with van der Waals surface area (Å²) in [5, 5.41) is 3.70. The zero-order chi connectivity index (χ0) is 17.9. The third-order valence-electron chi connectivity index (χ3n) is 4.94. The van der Waals surface area contributed by atoms with Crippen molar-refractivity contribution in [1.29, 1.82) is 0 Å². The molecular formula is C23H22N2S. The van der Waals surface area contributed by atoms with Gasteiger partial charge in [0.1, 0.15) is 4.99 Å². The number of hydrogen-bond acceptors (Lipinski definition) is 2. The van der Waals surface area contributed by atoms with Gasteiger partial charge in [0.15, 0.2) is 0 Å². The van der Waals surface area contributed by atoms with Gasteiger partial charge in [0.05, 0.1) is 6.04 Å². The van der Waals surface area contributed by atoms with E-state index < -0.39 is 0 Å². The molecule has 1 aliphatic heterocycles. The van der Waals surface area contributed by atoms with Gasteiger partial charge >= 0.3 is 0 Å². The average Bonchev–Trinajstić information content (AvgIpc) is 2.69. The molecule has 1 heterocycles. The Morgan fingerprint density at radius 2 is 1.50 bits per heavy atom. The molecule has 130 valence electrons. The minimum atomic E-state index is 0.276. The maximum absolute atomic E-state index is 5.87. The number of benzene rings is 3. The van der Waals surface area contributed by atoms with Crippen LogP contribution in [0.3, 0.4) is 0 Å². The van der Waals surface area contributed by atoms with Gasteiger partial charge in [0.2, 0.25) is 0 Å². The van der Waals surface area contributed by atoms with Crippen molar-refractivity contribution in [3.8, 4) is 0 Å². The predicted octanol–water partition coefficient (Wildman–Crippen LogP) is 5.81. The van der Waals surface area contributed by atoms with E-state index >= 15 is 0 Å². The number of nitrogens with zero attached hydrogens (tertiary/aromatic N) is 1. The maximum atomic E-state index is 5.87. The summed E-state index contributed by atoms with van der Waals surface area (Å²) in [5.74, 6) is 0. The Kier molecular flexibility index (Phi) is 4.72. The first kappa shape index (κ1) is 16.8. The van der Waals surface area contributed by atoms with E-state index in [1.54, 1.807) is 0 Å². The Morgan fingerprint density at radius 3 is 2.23 bits per heavy atom. The van der Waals surface area contributed by atoms with E-state index in [0.29, 0.717) is 6.04 Å². The molecule has 2 nitrogen and oxygen atoms in total. The van der Waals surface area contributed by atoms with Crippen molar-refractivity contribution in [3.05, 3.63) is 96.1 Å². The molecule has 2 atom stereocenters. The molecule has 3 heteroatoms. The summed E-state index contributed by atoms with van der Waals surface area (Å²) in [6.45, 7) is 2.25. The molecule has 1 aliphatic rings. The van der Waals surface area contributed by atoms with E-state index in [-0.39, 0.29) is 6.04 Å². The van der Waals surface area contributed by atoms with Crippen molar-refractivity contribution in [2.45, 2.75) is 25.4 Å². The van der Waals surface area contributed by atoms with Crippen LogP contribution in [0.4, 0.5) is 11.4 Å². The van der Waals surface area contributed by atoms with E-state index in [1.165, 1.54) is 11.3 Å². The SMILES string of the molecule is C[C@H]1C[C@H](Nc2ccccc2)c2ccccc2N1C(=S)c1ccccc1. The van der Waals surface area contributed by atoms with E-state index in [1.807, 2.05) is 24.3 Å². The fourth-order valence-electron chi connectivity index (χ4n) is 3.71. The van der Waals surface area contributed by atoms with Crippen LogP contribution >= 0.6 is 12.2 Å². The van der Waals surface area contributed by atoms with Crippen molar-refractivity contribution in [1.82, 2.24) is 0 Å². The molecule has 0 aliphatic carbocycles. The molecule has 0 bridgehead atoms. The highest BCUT2D eigenvalue weighted by atomic mass is 32.1. The van der Waals surface area contributed by atoms with Gasteiger partial charge in [-0.3, -0.25) is 0 Å². The molecule has 0 unspecified atom stereocenters. The van der Waals surface area contributed by atoms with E-state index in [2.05, 4.69) is 77.8 Å². The Hall–Kier alpha value is -2.65. The van der Waals surface area contributed by atoms with Crippen LogP contribution in [0.1, 0.15) is 30.5 Å². The number of rotatable bonds is 3. The van der Waals surface area contributed by atoms with Crippen LogP contribution in [-0.2, 0) is 0 Å². The third kappa shape index (κ3) is 3.23. The lowest BCUT2D eigenvalue weighted by atomic mass is 9.91. The van der Waals surface area contributed by atoms with Crippen molar-refractivity contribution in [3.63, 3.8) is 0 Å². The number of para-hydroxylation sites is 2. The Bertz CT molecular complexity index is 892. The molecule has 0 fully saturated rings. The molecule has 0 spiro atoms. The predicted molar refractivity (Wildman–Crippen MR) is 114 cm³/mol. The highest BCUT2D eigenvalue weighted by molar-refractivity contribution is 7.81. The van der Waals surface area contributed by atoms with Gasteiger partial charge in [0, 0.05) is 23.0 Å². The summed E-state index contributed by atoms with van der Waals surface area (Å²) in [6.07, 6.45) is 0.999. The Labute approximate surface area is 160 Å². The third-order valence-corrected chi connectivity index (χ3v) is 5.38. The van der Waals surface area contributed by atoms with Crippen LogP contribution in [0, 0.1) is 0 Å². The topological polar surface area (TPSA) is 15.3 Å². The minimum Gasteiger partial charge on any atom is -0.378 e. The lowest BCUT2D eigenvalue weighted by Crippen LogP contribution is -2.43. The summed E-state index contributed by atoms with van der Waals surface area (Å²) in [6, 6.07) is 29.9. The van der Waals surface area contributed by atoms with Crippen molar-refractivity contribution in [2.24, 2.45) is 0 Å². The first-order chi connectivity index (χ1) is 12.7. The highest BCUT2D eigenvalue weighted by Gasteiger charge is 2.32. The smallest absolute Gasteiger partial charge is 0.113 e. The molecular weight excluding hydrogens is 336 g/mol. The van der Waals surface area contributed by atoms with Gasteiger partial charge in [-0.25, -0.2) is 0 Å². The van der Waals surface area contributed by atoms with E-state index in [4.69, 9.17) is 12.2 Å². The summed E-state index contributed by atoms with van der Waals surface area (Å²) in [7, 11) is 0. The summed E-state index contributed by atoms with van der Waals surface area (Å²) in [4.78, 5) is 3.20. The van der Waals surface area contributed by atoms with E-state index in [9.17, 15) is 0 Å². The highest BCUT2D eigenvalue weighted by Crippen LogP contribution is 2.39. The molecule has 4 rings (SSSR count). The maximum Gasteiger partial charge on any atom is 0.113 e. The first-order valence-corrected chi connectivity index (χ1v) is 9.44. The number of anilines is 2. The minimum absolute atomic E-state index is 0.276. The van der Waals surface area contributed by atoms with Gasteiger partial charge in [-0.15, -0.1) is 0 Å². The van der Waals surface area contributed by atoms with Gasteiger partial charge in [-0.1, -0.05) is 78.9 Å². The first-order valence-electron chi connectivity index (χ1n) is 9.03. The van der Waals surface area contributed by atoms with E-state index in [0.717, 1.165) is 22.7 Å². The second kappa shape index (κ2) is 7.30. The number of hydrogen-bond donors (Lipinski definition) is 1. The molecule has 3 aromatic carbocycles. The normalized spacial score (nSPS) is 18.9. The standard InChI is InChI=1S/C23H22N2S/c1-17-16-21(24-19-12-6-3-7-13-19)20-14-8-9-15-22(20)25(17)23(26)18-10-4-2-5-11-18/h2-15,17,21,24H,16H2,1H3/t17-,21-/m0/s1. The Morgan fingerprint density at radius 1 is 0.885 bits per heavy atom. The molecule has 3 aromatic rings. The fourth-order valence-corrected chi connectivity index (χ4v) is 4.13. The second-order valence-electron chi connectivity index (χ2n) is 6.75.